The number of benzene rings is 2. The largest absolute Gasteiger partial charge is 0.503 e. The fraction of sp³-hybridized carbons (Fsp3) is 0.259. The molecule has 0 bridgehead atoms. The Balaban J connectivity index is 1.84. The first-order valence-corrected chi connectivity index (χ1v) is 12.0. The number of thiophene rings is 1. The fourth-order valence-corrected chi connectivity index (χ4v) is 4.97. The van der Waals surface area contributed by atoms with E-state index in [0.717, 1.165) is 35.5 Å². The lowest BCUT2D eigenvalue weighted by atomic mass is 9.94. The zero-order chi connectivity index (χ0) is 23.7. The maximum absolute atomic E-state index is 13.4. The van der Waals surface area contributed by atoms with E-state index in [-0.39, 0.29) is 11.4 Å². The van der Waals surface area contributed by atoms with Crippen molar-refractivity contribution in [2.24, 2.45) is 0 Å². The number of aryl methyl sites for hydroxylation is 2. The summed E-state index contributed by atoms with van der Waals surface area (Å²) >= 11 is 1.30. The Labute approximate surface area is 198 Å². The van der Waals surface area contributed by atoms with Crippen LogP contribution in [0, 0.1) is 13.8 Å². The van der Waals surface area contributed by atoms with E-state index in [1.54, 1.807) is 12.1 Å². The number of carbonyl (C=O) groups excluding carboxylic acids is 2. The molecule has 0 saturated carbocycles. The van der Waals surface area contributed by atoms with Gasteiger partial charge in [-0.25, -0.2) is 0 Å². The molecule has 0 aliphatic carbocycles. The van der Waals surface area contributed by atoms with Crippen molar-refractivity contribution < 1.29 is 14.7 Å². The number of anilines is 2. The molecule has 5 nitrogen and oxygen atoms in total. The first kappa shape index (κ1) is 22.8. The fourth-order valence-electron chi connectivity index (χ4n) is 4.29. The first-order valence-electron chi connectivity index (χ1n) is 11.1. The van der Waals surface area contributed by atoms with Gasteiger partial charge in [-0.2, -0.15) is 0 Å². The highest BCUT2D eigenvalue weighted by atomic mass is 32.1. The van der Waals surface area contributed by atoms with Gasteiger partial charge in [0.05, 0.1) is 16.5 Å². The number of aliphatic hydroxyl groups is 1. The topological polar surface area (TPSA) is 60.9 Å². The number of ketones is 1. The molecule has 1 aliphatic heterocycles. The average molecular weight is 461 g/mol. The predicted octanol–water partition coefficient (Wildman–Crippen LogP) is 5.99. The van der Waals surface area contributed by atoms with Crippen LogP contribution in [0.3, 0.4) is 0 Å². The highest BCUT2D eigenvalue weighted by Crippen LogP contribution is 2.43. The number of carbonyl (C=O) groups is 2. The molecule has 2 aromatic carbocycles. The third-order valence-electron chi connectivity index (χ3n) is 6.30. The van der Waals surface area contributed by atoms with Crippen LogP contribution in [0.4, 0.5) is 11.4 Å². The van der Waals surface area contributed by atoms with E-state index in [0.29, 0.717) is 10.6 Å². The molecule has 0 fully saturated rings. The SMILES string of the molecule is CCN(CC)c1ccc(C2C(C(=O)c3cccs3)=C(O)C(=O)N2c2ccc(C)c(C)c2)cc1. The Hall–Kier alpha value is -3.38. The summed E-state index contributed by atoms with van der Waals surface area (Å²) in [6.07, 6.45) is 0. The number of rotatable bonds is 7. The molecule has 1 aromatic heterocycles. The van der Waals surface area contributed by atoms with Crippen LogP contribution >= 0.6 is 11.3 Å². The van der Waals surface area contributed by atoms with Crippen LogP contribution in [-0.4, -0.2) is 29.9 Å². The molecular weight excluding hydrogens is 432 g/mol. The van der Waals surface area contributed by atoms with Crippen LogP contribution in [0.1, 0.15) is 46.3 Å². The third kappa shape index (κ3) is 4.07. The second kappa shape index (κ2) is 9.24. The molecule has 3 aromatic rings. The summed E-state index contributed by atoms with van der Waals surface area (Å²) < 4.78 is 0. The van der Waals surface area contributed by atoms with Gasteiger partial charge >= 0.3 is 0 Å². The maximum atomic E-state index is 13.4. The average Bonchev–Trinajstić information content (AvgIpc) is 3.44. The molecule has 4 rings (SSSR count). The zero-order valence-electron chi connectivity index (χ0n) is 19.3. The second-order valence-corrected chi connectivity index (χ2v) is 9.13. The van der Waals surface area contributed by atoms with Crippen molar-refractivity contribution in [2.75, 3.05) is 22.9 Å². The highest BCUT2D eigenvalue weighted by Gasteiger charge is 2.44. The second-order valence-electron chi connectivity index (χ2n) is 8.18. The lowest BCUT2D eigenvalue weighted by molar-refractivity contribution is -0.117. The molecule has 1 amide bonds. The molecule has 2 heterocycles. The molecule has 1 aliphatic rings. The summed E-state index contributed by atoms with van der Waals surface area (Å²) in [5, 5.41) is 12.7. The molecule has 33 heavy (non-hydrogen) atoms. The molecule has 1 unspecified atom stereocenters. The predicted molar refractivity (Wildman–Crippen MR) is 134 cm³/mol. The normalized spacial score (nSPS) is 15.9. The Bertz CT molecular complexity index is 1210. The first-order chi connectivity index (χ1) is 15.9. The number of aliphatic hydroxyl groups excluding tert-OH is 1. The lowest BCUT2D eigenvalue weighted by Gasteiger charge is -2.28. The molecule has 0 spiro atoms. The van der Waals surface area contributed by atoms with Crippen LogP contribution < -0.4 is 9.80 Å². The van der Waals surface area contributed by atoms with Gasteiger partial charge in [-0.1, -0.05) is 24.3 Å². The van der Waals surface area contributed by atoms with Gasteiger partial charge in [0, 0.05) is 24.5 Å². The zero-order valence-corrected chi connectivity index (χ0v) is 20.1. The van der Waals surface area contributed by atoms with Crippen molar-refractivity contribution in [1.82, 2.24) is 0 Å². The Kier molecular flexibility index (Phi) is 6.38. The molecule has 6 heteroatoms. The minimum atomic E-state index is -0.708. The Morgan fingerprint density at radius 1 is 1.03 bits per heavy atom. The van der Waals surface area contributed by atoms with Gasteiger partial charge in [-0.05, 0) is 80.1 Å². The van der Waals surface area contributed by atoms with Gasteiger partial charge < -0.3 is 10.0 Å². The van der Waals surface area contributed by atoms with E-state index in [1.807, 2.05) is 61.7 Å². The van der Waals surface area contributed by atoms with Gasteiger partial charge in [0.2, 0.25) is 5.78 Å². The summed E-state index contributed by atoms with van der Waals surface area (Å²) in [5.74, 6) is -1.36. The number of Topliss-reactive ketones (excluding diaryl/α,β-unsaturated/α-hetero) is 1. The monoisotopic (exact) mass is 460 g/mol. The van der Waals surface area contributed by atoms with E-state index in [2.05, 4.69) is 18.7 Å². The van der Waals surface area contributed by atoms with E-state index in [9.17, 15) is 14.7 Å². The summed E-state index contributed by atoms with van der Waals surface area (Å²) in [6, 6.07) is 16.5. The number of hydrogen-bond donors (Lipinski definition) is 1. The van der Waals surface area contributed by atoms with Crippen molar-refractivity contribution in [3.05, 3.63) is 92.9 Å². The molecule has 0 radical (unpaired) electrons. The number of amides is 1. The number of hydrogen-bond acceptors (Lipinski definition) is 5. The molecule has 1 N–H and O–H groups in total. The van der Waals surface area contributed by atoms with E-state index in [4.69, 9.17) is 0 Å². The quantitative estimate of drug-likeness (QED) is 0.440. The Morgan fingerprint density at radius 2 is 1.73 bits per heavy atom. The van der Waals surface area contributed by atoms with Gasteiger partial charge in [0.1, 0.15) is 0 Å². The maximum Gasteiger partial charge on any atom is 0.294 e. The van der Waals surface area contributed by atoms with Crippen molar-refractivity contribution in [1.29, 1.82) is 0 Å². The van der Waals surface area contributed by atoms with Crippen LogP contribution in [-0.2, 0) is 4.79 Å². The van der Waals surface area contributed by atoms with E-state index >= 15 is 0 Å². The highest BCUT2D eigenvalue weighted by molar-refractivity contribution is 7.12. The lowest BCUT2D eigenvalue weighted by Crippen LogP contribution is -2.31. The Morgan fingerprint density at radius 3 is 2.30 bits per heavy atom. The van der Waals surface area contributed by atoms with Gasteiger partial charge in [0.15, 0.2) is 5.76 Å². The standard InChI is InChI=1S/C27H28N2O3S/c1-5-28(6-2)20-13-10-19(11-14-20)24-23(25(30)22-8-7-15-33-22)26(31)27(32)29(24)21-12-9-17(3)18(4)16-21/h7-16,24,31H,5-6H2,1-4H3. The van der Waals surface area contributed by atoms with Crippen molar-refractivity contribution in [2.45, 2.75) is 33.7 Å². The van der Waals surface area contributed by atoms with Crippen LogP contribution in [0.15, 0.2) is 71.3 Å². The smallest absolute Gasteiger partial charge is 0.294 e. The van der Waals surface area contributed by atoms with Crippen LogP contribution in [0.5, 0.6) is 0 Å². The summed E-state index contributed by atoms with van der Waals surface area (Å²) in [6.45, 7) is 9.97. The molecule has 1 atom stereocenters. The third-order valence-corrected chi connectivity index (χ3v) is 7.17. The van der Waals surface area contributed by atoms with Crippen LogP contribution in [0.2, 0.25) is 0 Å². The van der Waals surface area contributed by atoms with Crippen molar-refractivity contribution >= 4 is 34.4 Å². The summed E-state index contributed by atoms with van der Waals surface area (Å²) in [5.41, 5.74) is 4.77. The van der Waals surface area contributed by atoms with E-state index in [1.165, 1.54) is 16.2 Å². The van der Waals surface area contributed by atoms with Crippen molar-refractivity contribution in [3.63, 3.8) is 0 Å². The van der Waals surface area contributed by atoms with Gasteiger partial charge in [-0.15, -0.1) is 11.3 Å². The molecule has 170 valence electrons. The van der Waals surface area contributed by atoms with E-state index < -0.39 is 17.7 Å². The minimum Gasteiger partial charge on any atom is -0.503 e. The minimum absolute atomic E-state index is 0.122. The molecular formula is C27H28N2O3S. The summed E-state index contributed by atoms with van der Waals surface area (Å²) in [4.78, 5) is 31.0. The van der Waals surface area contributed by atoms with Gasteiger partial charge in [0.25, 0.3) is 5.91 Å². The summed E-state index contributed by atoms with van der Waals surface area (Å²) in [7, 11) is 0. The van der Waals surface area contributed by atoms with Gasteiger partial charge in [-0.3, -0.25) is 14.5 Å². The molecule has 0 saturated heterocycles. The van der Waals surface area contributed by atoms with Crippen molar-refractivity contribution in [3.8, 4) is 0 Å². The van der Waals surface area contributed by atoms with Crippen LogP contribution in [0.25, 0.3) is 0 Å². The number of nitrogens with zero attached hydrogens (tertiary/aromatic N) is 2.